The largest absolute Gasteiger partial charge is 0.507 e. The van der Waals surface area contributed by atoms with Gasteiger partial charge in [0.2, 0.25) is 0 Å². The number of phenolic OH excluding ortho intramolecular Hbond substituents is 1. The first kappa shape index (κ1) is 41.5. The monoisotopic (exact) mass is 881 g/mol. The lowest BCUT2D eigenvalue weighted by Gasteiger charge is -2.34. The summed E-state index contributed by atoms with van der Waals surface area (Å²) in [5.74, 6) is 0.259. The Kier molecular flexibility index (Phi) is 10.6. The first-order chi connectivity index (χ1) is 34.2. The summed E-state index contributed by atoms with van der Waals surface area (Å²) in [6.07, 6.45) is 0. The summed E-state index contributed by atoms with van der Waals surface area (Å²) in [4.78, 5) is 2.41. The summed E-state index contributed by atoms with van der Waals surface area (Å²) in [7, 11) is 0. The predicted octanol–water partition coefficient (Wildman–Crippen LogP) is 17.6. The van der Waals surface area contributed by atoms with E-state index in [0.29, 0.717) is 0 Å². The van der Waals surface area contributed by atoms with Crippen LogP contribution in [0.1, 0.15) is 22.3 Å². The quantitative estimate of drug-likeness (QED) is 0.148. The predicted molar refractivity (Wildman–Crippen MR) is 287 cm³/mol. The summed E-state index contributed by atoms with van der Waals surface area (Å²) in [5.41, 5.74) is 21.1. The van der Waals surface area contributed by atoms with Crippen molar-refractivity contribution in [2.75, 3.05) is 4.90 Å². The fourth-order valence-corrected chi connectivity index (χ4v) is 10.8. The standard InChI is InChI=1S/C67H47NO/c69-65-37-17-13-30-58(65)52-23-18-22-51(46-52)57-29-12-16-36-64(57)68(63-35-15-11-28-56(63)49-40-38-48(39-41-49)47-20-4-1-5-21-47)55-44-42-50(43-45-55)59-32-19-34-62-66(59)60-31-10-14-33-61(60)67(62,53-24-6-2-7-25-53)54-26-8-3-9-27-54/h1-46,69H. The van der Waals surface area contributed by atoms with E-state index >= 15 is 0 Å². The summed E-state index contributed by atoms with van der Waals surface area (Å²) in [6.45, 7) is 0. The summed E-state index contributed by atoms with van der Waals surface area (Å²) < 4.78 is 0. The maximum absolute atomic E-state index is 10.9. The molecular formula is C67H47NO. The lowest BCUT2D eigenvalue weighted by atomic mass is 9.67. The second-order valence-electron chi connectivity index (χ2n) is 17.7. The minimum absolute atomic E-state index is 0.259. The highest BCUT2D eigenvalue weighted by atomic mass is 16.3. The third kappa shape index (κ3) is 7.22. The van der Waals surface area contributed by atoms with E-state index in [1.807, 2.05) is 18.2 Å². The molecule has 11 aromatic carbocycles. The summed E-state index contributed by atoms with van der Waals surface area (Å²) >= 11 is 0. The van der Waals surface area contributed by atoms with Crippen LogP contribution in [0.15, 0.2) is 279 Å². The Balaban J connectivity index is 1.03. The van der Waals surface area contributed by atoms with E-state index < -0.39 is 5.41 Å². The van der Waals surface area contributed by atoms with Crippen LogP contribution in [-0.4, -0.2) is 5.11 Å². The van der Waals surface area contributed by atoms with Gasteiger partial charge in [-0.25, -0.2) is 0 Å². The van der Waals surface area contributed by atoms with Crippen molar-refractivity contribution in [2.24, 2.45) is 0 Å². The first-order valence-corrected chi connectivity index (χ1v) is 23.6. The van der Waals surface area contributed by atoms with Crippen LogP contribution in [0, 0.1) is 0 Å². The molecule has 0 bridgehead atoms. The van der Waals surface area contributed by atoms with Gasteiger partial charge in [0.15, 0.2) is 0 Å². The number of hydrogen-bond acceptors (Lipinski definition) is 2. The zero-order valence-electron chi connectivity index (χ0n) is 38.0. The molecule has 0 spiro atoms. The number of benzene rings is 11. The molecule has 0 saturated heterocycles. The van der Waals surface area contributed by atoms with Crippen LogP contribution in [0.25, 0.3) is 66.8 Å². The molecule has 0 fully saturated rings. The number of aromatic hydroxyl groups is 1. The second-order valence-corrected chi connectivity index (χ2v) is 17.7. The Hall–Kier alpha value is -8.98. The van der Waals surface area contributed by atoms with Crippen molar-refractivity contribution in [3.05, 3.63) is 301 Å². The van der Waals surface area contributed by atoms with Gasteiger partial charge in [0.1, 0.15) is 5.75 Å². The topological polar surface area (TPSA) is 23.5 Å². The van der Waals surface area contributed by atoms with Crippen molar-refractivity contribution in [2.45, 2.75) is 5.41 Å². The van der Waals surface area contributed by atoms with Crippen LogP contribution in [0.5, 0.6) is 5.75 Å². The number of nitrogens with zero attached hydrogens (tertiary/aromatic N) is 1. The highest BCUT2D eigenvalue weighted by Crippen LogP contribution is 2.58. The SMILES string of the molecule is Oc1ccccc1-c1cccc(-c2ccccc2N(c2ccc(-c3cccc4c3-c3ccccc3C4(c3ccccc3)c3ccccc3)cc2)c2ccccc2-c2ccc(-c3ccccc3)cc2)c1. The first-order valence-electron chi connectivity index (χ1n) is 23.6. The average Bonchev–Trinajstić information content (AvgIpc) is 3.74. The molecule has 2 nitrogen and oxygen atoms in total. The van der Waals surface area contributed by atoms with Crippen molar-refractivity contribution in [3.63, 3.8) is 0 Å². The van der Waals surface area contributed by atoms with Gasteiger partial charge in [-0.15, -0.1) is 0 Å². The molecule has 0 unspecified atom stereocenters. The fourth-order valence-electron chi connectivity index (χ4n) is 10.8. The summed E-state index contributed by atoms with van der Waals surface area (Å²) in [6, 6.07) is 99.9. The molecule has 0 amide bonds. The van der Waals surface area contributed by atoms with Gasteiger partial charge >= 0.3 is 0 Å². The van der Waals surface area contributed by atoms with Crippen molar-refractivity contribution < 1.29 is 5.11 Å². The third-order valence-electron chi connectivity index (χ3n) is 13.9. The number of rotatable bonds is 10. The average molecular weight is 882 g/mol. The van der Waals surface area contributed by atoms with Gasteiger partial charge < -0.3 is 10.0 Å². The Bertz CT molecular complexity index is 3560. The van der Waals surface area contributed by atoms with Gasteiger partial charge in [-0.05, 0) is 109 Å². The molecule has 0 aliphatic heterocycles. The van der Waals surface area contributed by atoms with Gasteiger partial charge in [-0.3, -0.25) is 0 Å². The van der Waals surface area contributed by atoms with Gasteiger partial charge in [0, 0.05) is 22.4 Å². The molecule has 0 heterocycles. The smallest absolute Gasteiger partial charge is 0.123 e. The maximum Gasteiger partial charge on any atom is 0.123 e. The lowest BCUT2D eigenvalue weighted by Crippen LogP contribution is -2.28. The normalized spacial score (nSPS) is 12.2. The second kappa shape index (κ2) is 17.7. The summed E-state index contributed by atoms with van der Waals surface area (Å²) in [5, 5.41) is 10.9. The number of phenols is 1. The Labute approximate surface area is 404 Å². The molecule has 11 aromatic rings. The Morgan fingerprint density at radius 2 is 0.681 bits per heavy atom. The molecule has 12 rings (SSSR count). The highest BCUT2D eigenvalue weighted by molar-refractivity contribution is 5.98. The molecular weight excluding hydrogens is 835 g/mol. The van der Waals surface area contributed by atoms with Gasteiger partial charge in [0.25, 0.3) is 0 Å². The van der Waals surface area contributed by atoms with Crippen molar-refractivity contribution >= 4 is 17.1 Å². The van der Waals surface area contributed by atoms with Gasteiger partial charge in [-0.1, -0.05) is 243 Å². The number of fused-ring (bicyclic) bond motifs is 3. The number of anilines is 3. The number of para-hydroxylation sites is 3. The molecule has 0 aromatic heterocycles. The van der Waals surface area contributed by atoms with Crippen LogP contribution < -0.4 is 4.90 Å². The molecule has 1 aliphatic rings. The molecule has 1 N–H and O–H groups in total. The molecule has 0 saturated carbocycles. The van der Waals surface area contributed by atoms with Crippen LogP contribution in [0.2, 0.25) is 0 Å². The minimum Gasteiger partial charge on any atom is -0.507 e. The van der Waals surface area contributed by atoms with Crippen molar-refractivity contribution in [1.29, 1.82) is 0 Å². The van der Waals surface area contributed by atoms with Gasteiger partial charge in [-0.2, -0.15) is 0 Å². The van der Waals surface area contributed by atoms with Crippen LogP contribution >= 0.6 is 0 Å². The molecule has 2 heteroatoms. The minimum atomic E-state index is -0.482. The van der Waals surface area contributed by atoms with Gasteiger partial charge in [0.05, 0.1) is 16.8 Å². The van der Waals surface area contributed by atoms with E-state index in [0.717, 1.165) is 56.0 Å². The molecule has 0 atom stereocenters. The van der Waals surface area contributed by atoms with E-state index in [1.165, 1.54) is 50.1 Å². The van der Waals surface area contributed by atoms with E-state index in [9.17, 15) is 5.11 Å². The lowest BCUT2D eigenvalue weighted by molar-refractivity contribution is 0.477. The van der Waals surface area contributed by atoms with Crippen LogP contribution in [0.3, 0.4) is 0 Å². The number of hydrogen-bond donors (Lipinski definition) is 1. The molecule has 326 valence electrons. The molecule has 0 radical (unpaired) electrons. The van der Waals surface area contributed by atoms with Crippen molar-refractivity contribution in [3.8, 4) is 72.5 Å². The zero-order chi connectivity index (χ0) is 46.2. The highest BCUT2D eigenvalue weighted by Gasteiger charge is 2.46. The van der Waals surface area contributed by atoms with E-state index in [2.05, 4.69) is 260 Å². The van der Waals surface area contributed by atoms with Crippen molar-refractivity contribution in [1.82, 2.24) is 0 Å². The molecule has 1 aliphatic carbocycles. The van der Waals surface area contributed by atoms with E-state index in [-0.39, 0.29) is 5.75 Å². The zero-order valence-corrected chi connectivity index (χ0v) is 38.0. The van der Waals surface area contributed by atoms with Crippen LogP contribution in [-0.2, 0) is 5.41 Å². The molecule has 69 heavy (non-hydrogen) atoms. The van der Waals surface area contributed by atoms with E-state index in [4.69, 9.17) is 0 Å². The Morgan fingerprint density at radius 1 is 0.275 bits per heavy atom. The maximum atomic E-state index is 10.9. The van der Waals surface area contributed by atoms with E-state index in [1.54, 1.807) is 6.07 Å². The fraction of sp³-hybridized carbons (Fsp3) is 0.0149. The third-order valence-corrected chi connectivity index (χ3v) is 13.9. The Morgan fingerprint density at radius 3 is 1.32 bits per heavy atom. The van der Waals surface area contributed by atoms with Crippen LogP contribution in [0.4, 0.5) is 17.1 Å².